The summed E-state index contributed by atoms with van der Waals surface area (Å²) in [6.07, 6.45) is -2.34. The Balaban J connectivity index is 2.15. The number of halogens is 3. The molecule has 0 fully saturated rings. The molecular weight excluding hydrogens is 271 g/mol. The van der Waals surface area contributed by atoms with Crippen LogP contribution in [0.25, 0.3) is 11.3 Å². The van der Waals surface area contributed by atoms with Crippen LogP contribution in [0, 0.1) is 0 Å². The van der Waals surface area contributed by atoms with Crippen LogP contribution in [0.4, 0.5) is 13.2 Å². The maximum atomic E-state index is 12.0. The third kappa shape index (κ3) is 3.51. The number of ether oxygens (including phenoxy) is 1. The number of imidazole rings is 1. The van der Waals surface area contributed by atoms with Crippen molar-refractivity contribution in [1.29, 1.82) is 0 Å². The SMILES string of the molecule is CCC(N)c1ncc(-c2ccc(OC(F)(F)F)cc2)[nH]1. The fourth-order valence-corrected chi connectivity index (χ4v) is 1.70. The zero-order chi connectivity index (χ0) is 14.8. The quantitative estimate of drug-likeness (QED) is 0.905. The highest BCUT2D eigenvalue weighted by molar-refractivity contribution is 5.59. The van der Waals surface area contributed by atoms with Crippen LogP contribution < -0.4 is 10.5 Å². The molecule has 1 aromatic heterocycles. The Bertz CT molecular complexity index is 563. The number of hydrogen-bond donors (Lipinski definition) is 2. The molecule has 0 aliphatic carbocycles. The zero-order valence-electron chi connectivity index (χ0n) is 10.7. The molecule has 0 amide bonds. The van der Waals surface area contributed by atoms with Gasteiger partial charge in [-0.2, -0.15) is 0 Å². The number of nitrogens with one attached hydrogen (secondary N) is 1. The maximum Gasteiger partial charge on any atom is 0.573 e. The first-order valence-electron chi connectivity index (χ1n) is 6.05. The molecule has 0 spiro atoms. The lowest BCUT2D eigenvalue weighted by Crippen LogP contribution is -2.16. The average molecular weight is 285 g/mol. The van der Waals surface area contributed by atoms with E-state index in [1.165, 1.54) is 24.3 Å². The molecule has 20 heavy (non-hydrogen) atoms. The minimum Gasteiger partial charge on any atom is -0.406 e. The van der Waals surface area contributed by atoms with E-state index < -0.39 is 6.36 Å². The largest absolute Gasteiger partial charge is 0.573 e. The number of nitrogens with zero attached hydrogens (tertiary/aromatic N) is 1. The third-order valence-corrected chi connectivity index (χ3v) is 2.79. The van der Waals surface area contributed by atoms with Crippen molar-refractivity contribution in [2.24, 2.45) is 5.73 Å². The number of rotatable bonds is 4. The molecule has 1 unspecified atom stereocenters. The van der Waals surface area contributed by atoms with Crippen molar-refractivity contribution >= 4 is 0 Å². The van der Waals surface area contributed by atoms with Gasteiger partial charge in [0, 0.05) is 0 Å². The molecule has 0 saturated heterocycles. The molecule has 0 aliphatic rings. The van der Waals surface area contributed by atoms with E-state index in [1.54, 1.807) is 6.20 Å². The Morgan fingerprint density at radius 3 is 2.50 bits per heavy atom. The summed E-state index contributed by atoms with van der Waals surface area (Å²) in [7, 11) is 0. The van der Waals surface area contributed by atoms with Gasteiger partial charge in [0.1, 0.15) is 11.6 Å². The Morgan fingerprint density at radius 1 is 1.30 bits per heavy atom. The van der Waals surface area contributed by atoms with Gasteiger partial charge in [0.2, 0.25) is 0 Å². The van der Waals surface area contributed by atoms with Gasteiger partial charge in [-0.1, -0.05) is 6.92 Å². The normalized spacial score (nSPS) is 13.2. The second-order valence-electron chi connectivity index (χ2n) is 4.27. The summed E-state index contributed by atoms with van der Waals surface area (Å²) in [6, 6.07) is 5.37. The topological polar surface area (TPSA) is 63.9 Å². The van der Waals surface area contributed by atoms with Crippen LogP contribution in [0.5, 0.6) is 5.75 Å². The molecule has 108 valence electrons. The highest BCUT2D eigenvalue weighted by Gasteiger charge is 2.30. The molecule has 1 atom stereocenters. The lowest BCUT2D eigenvalue weighted by molar-refractivity contribution is -0.274. The van der Waals surface area contributed by atoms with Crippen LogP contribution in [-0.2, 0) is 0 Å². The van der Waals surface area contributed by atoms with Crippen molar-refractivity contribution in [3.8, 4) is 17.0 Å². The second-order valence-corrected chi connectivity index (χ2v) is 4.27. The van der Waals surface area contributed by atoms with Crippen LogP contribution in [-0.4, -0.2) is 16.3 Å². The maximum absolute atomic E-state index is 12.0. The van der Waals surface area contributed by atoms with Gasteiger partial charge in [0.15, 0.2) is 0 Å². The number of hydrogen-bond acceptors (Lipinski definition) is 3. The van der Waals surface area contributed by atoms with E-state index in [1.807, 2.05) is 6.92 Å². The number of benzene rings is 1. The number of nitrogens with two attached hydrogens (primary N) is 1. The molecule has 0 saturated carbocycles. The number of alkyl halides is 3. The van der Waals surface area contributed by atoms with E-state index in [-0.39, 0.29) is 11.8 Å². The Labute approximate surface area is 113 Å². The van der Waals surface area contributed by atoms with Crippen molar-refractivity contribution < 1.29 is 17.9 Å². The summed E-state index contributed by atoms with van der Waals surface area (Å²) < 4.78 is 39.9. The number of aromatic amines is 1. The van der Waals surface area contributed by atoms with Gasteiger partial charge in [0.05, 0.1) is 17.9 Å². The number of H-pyrrole nitrogens is 1. The summed E-state index contributed by atoms with van der Waals surface area (Å²) in [4.78, 5) is 7.20. The van der Waals surface area contributed by atoms with Gasteiger partial charge < -0.3 is 15.5 Å². The summed E-state index contributed by atoms with van der Waals surface area (Å²) in [5.41, 5.74) is 7.25. The highest BCUT2D eigenvalue weighted by Crippen LogP contribution is 2.26. The first kappa shape index (κ1) is 14.4. The van der Waals surface area contributed by atoms with E-state index in [2.05, 4.69) is 14.7 Å². The lowest BCUT2D eigenvalue weighted by atomic mass is 10.1. The first-order valence-corrected chi connectivity index (χ1v) is 6.05. The Kier molecular flexibility index (Phi) is 3.99. The zero-order valence-corrected chi connectivity index (χ0v) is 10.7. The first-order chi connectivity index (χ1) is 9.39. The fraction of sp³-hybridized carbons (Fsp3) is 0.308. The van der Waals surface area contributed by atoms with E-state index in [4.69, 9.17) is 5.73 Å². The molecule has 4 nitrogen and oxygen atoms in total. The van der Waals surface area contributed by atoms with Crippen LogP contribution in [0.15, 0.2) is 30.5 Å². The predicted molar refractivity (Wildman–Crippen MR) is 67.9 cm³/mol. The predicted octanol–water partition coefficient (Wildman–Crippen LogP) is 3.39. The van der Waals surface area contributed by atoms with Gasteiger partial charge >= 0.3 is 6.36 Å². The minimum absolute atomic E-state index is 0.184. The number of aromatic nitrogens is 2. The van der Waals surface area contributed by atoms with E-state index >= 15 is 0 Å². The van der Waals surface area contributed by atoms with Crippen molar-refractivity contribution in [2.45, 2.75) is 25.7 Å². The van der Waals surface area contributed by atoms with E-state index in [0.717, 1.165) is 6.42 Å². The molecule has 2 aromatic rings. The van der Waals surface area contributed by atoms with Gasteiger partial charge in [0.25, 0.3) is 0 Å². The van der Waals surface area contributed by atoms with E-state index in [0.29, 0.717) is 17.1 Å². The van der Waals surface area contributed by atoms with Crippen molar-refractivity contribution in [2.75, 3.05) is 0 Å². The highest BCUT2D eigenvalue weighted by atomic mass is 19.4. The minimum atomic E-state index is -4.68. The molecular formula is C13H14F3N3O. The van der Waals surface area contributed by atoms with E-state index in [9.17, 15) is 13.2 Å². The molecule has 1 aromatic carbocycles. The van der Waals surface area contributed by atoms with Gasteiger partial charge in [-0.15, -0.1) is 13.2 Å². The van der Waals surface area contributed by atoms with Gasteiger partial charge in [-0.05, 0) is 36.2 Å². The van der Waals surface area contributed by atoms with Crippen molar-refractivity contribution in [3.05, 3.63) is 36.3 Å². The van der Waals surface area contributed by atoms with Gasteiger partial charge in [-0.3, -0.25) is 0 Å². The molecule has 2 rings (SSSR count). The molecule has 1 heterocycles. The summed E-state index contributed by atoms with van der Waals surface area (Å²) >= 11 is 0. The van der Waals surface area contributed by atoms with Crippen LogP contribution in [0.1, 0.15) is 25.2 Å². The smallest absolute Gasteiger partial charge is 0.406 e. The van der Waals surface area contributed by atoms with Crippen molar-refractivity contribution in [1.82, 2.24) is 9.97 Å². The summed E-state index contributed by atoms with van der Waals surface area (Å²) in [6.45, 7) is 1.94. The summed E-state index contributed by atoms with van der Waals surface area (Å²) in [5, 5.41) is 0. The summed E-state index contributed by atoms with van der Waals surface area (Å²) in [5.74, 6) is 0.393. The van der Waals surface area contributed by atoms with Crippen LogP contribution >= 0.6 is 0 Å². The molecule has 0 aliphatic heterocycles. The van der Waals surface area contributed by atoms with Gasteiger partial charge in [-0.25, -0.2) is 4.98 Å². The Hall–Kier alpha value is -2.02. The monoisotopic (exact) mass is 285 g/mol. The standard InChI is InChI=1S/C13H14F3N3O/c1-2-10(17)12-18-7-11(19-12)8-3-5-9(6-4-8)20-13(14,15)16/h3-7,10H,2,17H2,1H3,(H,18,19). The average Bonchev–Trinajstić information content (AvgIpc) is 2.86. The molecule has 0 bridgehead atoms. The second kappa shape index (κ2) is 5.54. The van der Waals surface area contributed by atoms with Crippen LogP contribution in [0.3, 0.4) is 0 Å². The third-order valence-electron chi connectivity index (χ3n) is 2.79. The van der Waals surface area contributed by atoms with Crippen molar-refractivity contribution in [3.63, 3.8) is 0 Å². The fourth-order valence-electron chi connectivity index (χ4n) is 1.70. The molecule has 7 heteroatoms. The van der Waals surface area contributed by atoms with Crippen LogP contribution in [0.2, 0.25) is 0 Å². The molecule has 3 N–H and O–H groups in total. The molecule has 0 radical (unpaired) electrons. The Morgan fingerprint density at radius 2 is 1.95 bits per heavy atom. The lowest BCUT2D eigenvalue weighted by Gasteiger charge is -2.08.